The summed E-state index contributed by atoms with van der Waals surface area (Å²) in [5.74, 6) is 0.712. The Morgan fingerprint density at radius 2 is 1.48 bits per heavy atom. The van der Waals surface area contributed by atoms with Gasteiger partial charge in [0.25, 0.3) is 0 Å². The second-order valence-electron chi connectivity index (χ2n) is 5.78. The molecule has 0 atom stereocenters. The van der Waals surface area contributed by atoms with E-state index in [4.69, 9.17) is 0 Å². The van der Waals surface area contributed by atoms with Crippen molar-refractivity contribution in [2.24, 2.45) is 0 Å². The lowest BCUT2D eigenvalue weighted by molar-refractivity contribution is 0.443. The summed E-state index contributed by atoms with van der Waals surface area (Å²) < 4.78 is 1.71. The first-order chi connectivity index (χ1) is 12.3. The van der Waals surface area contributed by atoms with Gasteiger partial charge in [-0.25, -0.2) is 9.67 Å². The molecule has 4 nitrogen and oxygen atoms in total. The maximum absolute atomic E-state index is 10.5. The summed E-state index contributed by atoms with van der Waals surface area (Å²) in [7, 11) is 0. The first kappa shape index (κ1) is 15.1. The van der Waals surface area contributed by atoms with Gasteiger partial charge in [0, 0.05) is 23.7 Å². The van der Waals surface area contributed by atoms with Crippen molar-refractivity contribution < 1.29 is 5.11 Å². The molecule has 0 amide bonds. The van der Waals surface area contributed by atoms with E-state index in [1.54, 1.807) is 10.9 Å². The van der Waals surface area contributed by atoms with Gasteiger partial charge in [0.2, 0.25) is 5.88 Å². The van der Waals surface area contributed by atoms with Gasteiger partial charge < -0.3 is 5.11 Å². The molecular weight excluding hydrogens is 310 g/mol. The molecule has 2 heterocycles. The summed E-state index contributed by atoms with van der Waals surface area (Å²) in [5, 5.41) is 14.9. The van der Waals surface area contributed by atoms with Crippen LogP contribution in [0.4, 0.5) is 0 Å². The van der Waals surface area contributed by atoms with E-state index in [0.717, 1.165) is 22.4 Å². The van der Waals surface area contributed by atoms with Crippen LogP contribution in [0.15, 0.2) is 85.1 Å². The second-order valence-corrected chi connectivity index (χ2v) is 5.78. The average Bonchev–Trinajstić information content (AvgIpc) is 3.00. The normalized spacial score (nSPS) is 10.7. The summed E-state index contributed by atoms with van der Waals surface area (Å²) in [4.78, 5) is 4.39. The molecule has 0 radical (unpaired) electrons. The summed E-state index contributed by atoms with van der Waals surface area (Å²) >= 11 is 0. The van der Waals surface area contributed by atoms with Crippen LogP contribution in [-0.2, 0) is 6.42 Å². The molecule has 0 fully saturated rings. The largest absolute Gasteiger partial charge is 0.492 e. The Hall–Kier alpha value is -3.40. The third kappa shape index (κ3) is 3.02. The van der Waals surface area contributed by atoms with Crippen LogP contribution in [-0.4, -0.2) is 19.9 Å². The molecule has 122 valence electrons. The smallest absolute Gasteiger partial charge is 0.235 e. The van der Waals surface area contributed by atoms with Crippen LogP contribution in [0.2, 0.25) is 0 Å². The van der Waals surface area contributed by atoms with Crippen molar-refractivity contribution in [1.82, 2.24) is 14.8 Å². The van der Waals surface area contributed by atoms with Crippen molar-refractivity contribution in [2.75, 3.05) is 0 Å². The van der Waals surface area contributed by atoms with E-state index in [-0.39, 0.29) is 5.88 Å². The van der Waals surface area contributed by atoms with E-state index in [9.17, 15) is 5.11 Å². The minimum Gasteiger partial charge on any atom is -0.492 e. The summed E-state index contributed by atoms with van der Waals surface area (Å²) in [6.07, 6.45) is 2.32. The third-order valence-electron chi connectivity index (χ3n) is 4.10. The standard InChI is InChI=1S/C21H17N3O/c25-21-18(15-16-9-3-1-4-10-16)20(17-11-5-2-6-12-17)24(23-21)19-13-7-8-14-22-19/h1-14H,15H2,(H,23,25). The number of benzene rings is 2. The van der Waals surface area contributed by atoms with Gasteiger partial charge >= 0.3 is 0 Å². The van der Waals surface area contributed by atoms with Crippen molar-refractivity contribution in [2.45, 2.75) is 6.42 Å². The summed E-state index contributed by atoms with van der Waals surface area (Å²) in [5.41, 5.74) is 3.77. The Labute approximate surface area is 146 Å². The lowest BCUT2D eigenvalue weighted by atomic mass is 10.0. The molecule has 4 rings (SSSR count). The highest BCUT2D eigenvalue weighted by atomic mass is 16.3. The SMILES string of the molecule is Oc1nn(-c2ccccn2)c(-c2ccccc2)c1Cc1ccccc1. The fraction of sp³-hybridized carbons (Fsp3) is 0.0476. The lowest BCUT2D eigenvalue weighted by Crippen LogP contribution is -2.02. The fourth-order valence-corrected chi connectivity index (χ4v) is 2.94. The fourth-order valence-electron chi connectivity index (χ4n) is 2.94. The maximum Gasteiger partial charge on any atom is 0.235 e. The Morgan fingerprint density at radius 1 is 0.800 bits per heavy atom. The minimum absolute atomic E-state index is 0.0355. The van der Waals surface area contributed by atoms with E-state index in [1.807, 2.05) is 78.9 Å². The molecular formula is C21H17N3O. The molecule has 25 heavy (non-hydrogen) atoms. The Morgan fingerprint density at radius 3 is 2.16 bits per heavy atom. The molecule has 2 aromatic heterocycles. The van der Waals surface area contributed by atoms with Crippen LogP contribution in [0.1, 0.15) is 11.1 Å². The summed E-state index contributed by atoms with van der Waals surface area (Å²) in [6.45, 7) is 0. The second kappa shape index (κ2) is 6.61. The van der Waals surface area contributed by atoms with Crippen molar-refractivity contribution in [3.05, 3.63) is 96.2 Å². The molecule has 4 aromatic rings. The van der Waals surface area contributed by atoms with Crippen LogP contribution >= 0.6 is 0 Å². The lowest BCUT2D eigenvalue weighted by Gasteiger charge is -2.09. The van der Waals surface area contributed by atoms with Crippen LogP contribution in [0, 0.1) is 0 Å². The number of aromatic nitrogens is 3. The van der Waals surface area contributed by atoms with Crippen LogP contribution in [0.25, 0.3) is 17.1 Å². The summed E-state index contributed by atoms with van der Waals surface area (Å²) in [6, 6.07) is 25.7. The van der Waals surface area contributed by atoms with Gasteiger partial charge in [-0.15, -0.1) is 5.10 Å². The molecule has 0 unspecified atom stereocenters. The van der Waals surface area contributed by atoms with Crippen LogP contribution in [0.5, 0.6) is 5.88 Å². The highest BCUT2D eigenvalue weighted by molar-refractivity contribution is 5.68. The van der Waals surface area contributed by atoms with Gasteiger partial charge in [0.05, 0.1) is 5.69 Å². The Bertz CT molecular complexity index is 964. The van der Waals surface area contributed by atoms with Crippen LogP contribution in [0.3, 0.4) is 0 Å². The zero-order chi connectivity index (χ0) is 17.1. The molecule has 0 bridgehead atoms. The zero-order valence-electron chi connectivity index (χ0n) is 13.6. The van der Waals surface area contributed by atoms with Crippen molar-refractivity contribution in [3.8, 4) is 23.0 Å². The van der Waals surface area contributed by atoms with Crippen molar-refractivity contribution in [3.63, 3.8) is 0 Å². The van der Waals surface area contributed by atoms with Gasteiger partial charge in [-0.05, 0) is 17.7 Å². The highest BCUT2D eigenvalue weighted by Crippen LogP contribution is 2.33. The molecule has 1 N–H and O–H groups in total. The third-order valence-corrected chi connectivity index (χ3v) is 4.10. The molecule has 0 aliphatic heterocycles. The molecule has 0 saturated carbocycles. The van der Waals surface area contributed by atoms with Gasteiger partial charge in [0.1, 0.15) is 0 Å². The predicted molar refractivity (Wildman–Crippen MR) is 97.7 cm³/mol. The minimum atomic E-state index is 0.0355. The van der Waals surface area contributed by atoms with Gasteiger partial charge in [-0.3, -0.25) is 0 Å². The highest BCUT2D eigenvalue weighted by Gasteiger charge is 2.20. The number of aromatic hydroxyl groups is 1. The number of rotatable bonds is 4. The van der Waals surface area contributed by atoms with Gasteiger partial charge in [0.15, 0.2) is 5.82 Å². The van der Waals surface area contributed by atoms with Gasteiger partial charge in [-0.1, -0.05) is 66.7 Å². The molecule has 4 heteroatoms. The van der Waals surface area contributed by atoms with E-state index >= 15 is 0 Å². The number of pyridine rings is 1. The number of hydrogen-bond donors (Lipinski definition) is 1. The maximum atomic E-state index is 10.5. The van der Waals surface area contributed by atoms with E-state index in [2.05, 4.69) is 10.1 Å². The van der Waals surface area contributed by atoms with E-state index in [1.165, 1.54) is 0 Å². The van der Waals surface area contributed by atoms with Crippen molar-refractivity contribution >= 4 is 0 Å². The first-order valence-electron chi connectivity index (χ1n) is 8.14. The molecule has 0 saturated heterocycles. The predicted octanol–water partition coefficient (Wildman–Crippen LogP) is 4.23. The van der Waals surface area contributed by atoms with E-state index < -0.39 is 0 Å². The van der Waals surface area contributed by atoms with Gasteiger partial charge in [-0.2, -0.15) is 0 Å². The quantitative estimate of drug-likeness (QED) is 0.610. The molecule has 0 spiro atoms. The topological polar surface area (TPSA) is 50.9 Å². The zero-order valence-corrected chi connectivity index (χ0v) is 13.6. The van der Waals surface area contributed by atoms with E-state index in [0.29, 0.717) is 12.2 Å². The Balaban J connectivity index is 1.90. The molecule has 2 aromatic carbocycles. The first-order valence-corrected chi connectivity index (χ1v) is 8.14. The average molecular weight is 327 g/mol. The Kier molecular flexibility index (Phi) is 4.01. The number of nitrogens with zero attached hydrogens (tertiary/aromatic N) is 3. The molecule has 0 aliphatic carbocycles. The van der Waals surface area contributed by atoms with Crippen LogP contribution < -0.4 is 0 Å². The monoisotopic (exact) mass is 327 g/mol. The number of hydrogen-bond acceptors (Lipinski definition) is 3. The van der Waals surface area contributed by atoms with Crippen molar-refractivity contribution in [1.29, 1.82) is 0 Å². The molecule has 0 aliphatic rings.